The zero-order valence-electron chi connectivity index (χ0n) is 9.14. The van der Waals surface area contributed by atoms with E-state index in [4.69, 9.17) is 0 Å². The third kappa shape index (κ3) is 3.00. The fourth-order valence-electron chi connectivity index (χ4n) is 1.84. The van der Waals surface area contributed by atoms with E-state index in [1.807, 2.05) is 0 Å². The maximum absolute atomic E-state index is 2.54. The van der Waals surface area contributed by atoms with Crippen molar-refractivity contribution in [2.24, 2.45) is 0 Å². The molecule has 1 nitrogen and oxygen atoms in total. The van der Waals surface area contributed by atoms with Gasteiger partial charge in [-0.05, 0) is 38.8 Å². The van der Waals surface area contributed by atoms with Crippen LogP contribution in [0.15, 0.2) is 23.3 Å². The normalized spacial score (nSPS) is 20.2. The smallest absolute Gasteiger partial charge is 0.0233 e. The van der Waals surface area contributed by atoms with Gasteiger partial charge in [0.05, 0.1) is 0 Å². The van der Waals surface area contributed by atoms with Crippen LogP contribution < -0.4 is 0 Å². The summed E-state index contributed by atoms with van der Waals surface area (Å²) in [5.74, 6) is 0. The van der Waals surface area contributed by atoms with Crippen LogP contribution in [0.1, 0.15) is 33.6 Å². The molecule has 0 radical (unpaired) electrons. The van der Waals surface area contributed by atoms with Crippen LogP contribution in [0.5, 0.6) is 0 Å². The summed E-state index contributed by atoms with van der Waals surface area (Å²) in [5, 5.41) is 0. The summed E-state index contributed by atoms with van der Waals surface area (Å²) in [6, 6.07) is 0. The summed E-state index contributed by atoms with van der Waals surface area (Å²) in [5.41, 5.74) is 3.10. The van der Waals surface area contributed by atoms with Crippen LogP contribution >= 0.6 is 0 Å². The fourth-order valence-corrected chi connectivity index (χ4v) is 1.84. The van der Waals surface area contributed by atoms with Crippen LogP contribution in [0, 0.1) is 0 Å². The molecule has 0 saturated heterocycles. The minimum Gasteiger partial charge on any atom is -0.299 e. The molecular formula is C12H21N. The van der Waals surface area contributed by atoms with Crippen molar-refractivity contribution < 1.29 is 0 Å². The summed E-state index contributed by atoms with van der Waals surface area (Å²) < 4.78 is 0. The maximum atomic E-state index is 2.54. The lowest BCUT2D eigenvalue weighted by Gasteiger charge is -2.28. The highest BCUT2D eigenvalue weighted by atomic mass is 15.1. The highest BCUT2D eigenvalue weighted by Crippen LogP contribution is 2.18. The Bertz CT molecular complexity index is 213. The van der Waals surface area contributed by atoms with E-state index < -0.39 is 0 Å². The monoisotopic (exact) mass is 179 g/mol. The van der Waals surface area contributed by atoms with Crippen molar-refractivity contribution in [3.8, 4) is 0 Å². The van der Waals surface area contributed by atoms with Gasteiger partial charge in [0.15, 0.2) is 0 Å². The van der Waals surface area contributed by atoms with Crippen LogP contribution in [0.2, 0.25) is 0 Å². The first-order valence-electron chi connectivity index (χ1n) is 5.31. The van der Waals surface area contributed by atoms with Crippen molar-refractivity contribution in [1.82, 2.24) is 4.90 Å². The van der Waals surface area contributed by atoms with E-state index in [2.05, 4.69) is 37.8 Å². The number of allylic oxidation sites excluding steroid dienone is 1. The van der Waals surface area contributed by atoms with Gasteiger partial charge in [0.25, 0.3) is 0 Å². The number of hydrogen-bond donors (Lipinski definition) is 0. The Morgan fingerprint density at radius 1 is 1.46 bits per heavy atom. The largest absolute Gasteiger partial charge is 0.299 e. The Hall–Kier alpha value is -0.560. The van der Waals surface area contributed by atoms with E-state index in [-0.39, 0.29) is 0 Å². The van der Waals surface area contributed by atoms with E-state index >= 15 is 0 Å². The predicted molar refractivity (Wildman–Crippen MR) is 58.9 cm³/mol. The quantitative estimate of drug-likeness (QED) is 0.643. The number of rotatable bonds is 3. The van der Waals surface area contributed by atoms with E-state index in [1.54, 1.807) is 5.57 Å². The molecule has 1 heteroatoms. The molecular weight excluding hydrogens is 158 g/mol. The lowest BCUT2D eigenvalue weighted by atomic mass is 10.0. The van der Waals surface area contributed by atoms with Crippen molar-refractivity contribution in [1.29, 1.82) is 0 Å². The van der Waals surface area contributed by atoms with E-state index in [1.165, 1.54) is 31.5 Å². The van der Waals surface area contributed by atoms with Crippen molar-refractivity contribution in [3.05, 3.63) is 23.3 Å². The average Bonchev–Trinajstić information content (AvgIpc) is 2.12. The molecule has 1 rings (SSSR count). The molecule has 0 bridgehead atoms. The van der Waals surface area contributed by atoms with E-state index in [0.717, 1.165) is 6.54 Å². The molecule has 0 aromatic carbocycles. The molecule has 1 aliphatic rings. The van der Waals surface area contributed by atoms with E-state index in [0.29, 0.717) is 0 Å². The van der Waals surface area contributed by atoms with Crippen LogP contribution in [-0.2, 0) is 0 Å². The van der Waals surface area contributed by atoms with Gasteiger partial charge in [-0.2, -0.15) is 0 Å². The Morgan fingerprint density at radius 2 is 2.23 bits per heavy atom. The highest BCUT2D eigenvalue weighted by Gasteiger charge is 2.13. The van der Waals surface area contributed by atoms with E-state index in [9.17, 15) is 0 Å². The molecule has 0 saturated carbocycles. The van der Waals surface area contributed by atoms with Gasteiger partial charge >= 0.3 is 0 Å². The van der Waals surface area contributed by atoms with Gasteiger partial charge in [0.1, 0.15) is 0 Å². The second-order valence-corrected chi connectivity index (χ2v) is 3.83. The van der Waals surface area contributed by atoms with Gasteiger partial charge in [0.2, 0.25) is 0 Å². The SMILES string of the molecule is C/C=C\C1=C(C)CCN(CCC)C1. The topological polar surface area (TPSA) is 3.24 Å². The Morgan fingerprint density at radius 3 is 2.85 bits per heavy atom. The third-order valence-corrected chi connectivity index (χ3v) is 2.65. The van der Waals surface area contributed by atoms with Crippen LogP contribution in [0.3, 0.4) is 0 Å². The third-order valence-electron chi connectivity index (χ3n) is 2.65. The van der Waals surface area contributed by atoms with Crippen molar-refractivity contribution in [2.75, 3.05) is 19.6 Å². The zero-order valence-corrected chi connectivity index (χ0v) is 9.14. The lowest BCUT2D eigenvalue weighted by Crippen LogP contribution is -2.31. The zero-order chi connectivity index (χ0) is 9.68. The van der Waals surface area contributed by atoms with Gasteiger partial charge < -0.3 is 0 Å². The highest BCUT2D eigenvalue weighted by molar-refractivity contribution is 5.27. The van der Waals surface area contributed by atoms with Gasteiger partial charge in [-0.3, -0.25) is 4.90 Å². The molecule has 1 heterocycles. The Balaban J connectivity index is 2.59. The van der Waals surface area contributed by atoms with Gasteiger partial charge in [-0.15, -0.1) is 0 Å². The predicted octanol–water partition coefficient (Wildman–Crippen LogP) is 2.99. The Kier molecular flexibility index (Phi) is 4.23. The molecule has 1 aliphatic heterocycles. The average molecular weight is 179 g/mol. The summed E-state index contributed by atoms with van der Waals surface area (Å²) >= 11 is 0. The van der Waals surface area contributed by atoms with Crippen LogP contribution in [0.4, 0.5) is 0 Å². The fraction of sp³-hybridized carbons (Fsp3) is 0.667. The number of hydrogen-bond acceptors (Lipinski definition) is 1. The minimum absolute atomic E-state index is 1.16. The minimum atomic E-state index is 1.16. The summed E-state index contributed by atoms with van der Waals surface area (Å²) in [7, 11) is 0. The van der Waals surface area contributed by atoms with Gasteiger partial charge in [0, 0.05) is 13.1 Å². The molecule has 0 aromatic rings. The van der Waals surface area contributed by atoms with Crippen LogP contribution in [-0.4, -0.2) is 24.5 Å². The molecule has 0 fully saturated rings. The number of nitrogens with zero attached hydrogens (tertiary/aromatic N) is 1. The standard InChI is InChI=1S/C12H21N/c1-4-6-12-10-13(8-5-2)9-7-11(12)3/h4,6H,5,7-10H2,1-3H3/b6-4-. The summed E-state index contributed by atoms with van der Waals surface area (Å²) in [6.07, 6.45) is 6.92. The molecule has 0 atom stereocenters. The maximum Gasteiger partial charge on any atom is 0.0233 e. The van der Waals surface area contributed by atoms with Gasteiger partial charge in [-0.1, -0.05) is 24.6 Å². The molecule has 74 valence electrons. The van der Waals surface area contributed by atoms with Gasteiger partial charge in [-0.25, -0.2) is 0 Å². The molecule has 0 spiro atoms. The van der Waals surface area contributed by atoms with Crippen molar-refractivity contribution >= 4 is 0 Å². The Labute approximate surface area is 82.1 Å². The first-order valence-corrected chi connectivity index (χ1v) is 5.31. The molecule has 0 unspecified atom stereocenters. The second kappa shape index (κ2) is 5.23. The summed E-state index contributed by atoms with van der Waals surface area (Å²) in [6.45, 7) is 10.3. The lowest BCUT2D eigenvalue weighted by molar-refractivity contribution is 0.288. The molecule has 0 aromatic heterocycles. The van der Waals surface area contributed by atoms with Crippen molar-refractivity contribution in [2.45, 2.75) is 33.6 Å². The second-order valence-electron chi connectivity index (χ2n) is 3.83. The molecule has 0 aliphatic carbocycles. The van der Waals surface area contributed by atoms with Crippen molar-refractivity contribution in [3.63, 3.8) is 0 Å². The first kappa shape index (κ1) is 10.5. The molecule has 0 N–H and O–H groups in total. The summed E-state index contributed by atoms with van der Waals surface area (Å²) in [4.78, 5) is 2.54. The molecule has 13 heavy (non-hydrogen) atoms. The first-order chi connectivity index (χ1) is 6.27. The molecule has 0 amide bonds. The van der Waals surface area contributed by atoms with Crippen LogP contribution in [0.25, 0.3) is 0 Å².